The summed E-state index contributed by atoms with van der Waals surface area (Å²) in [5.74, 6) is -1.08. The predicted octanol–water partition coefficient (Wildman–Crippen LogP) is 4.28. The van der Waals surface area contributed by atoms with Crippen LogP contribution in [0.5, 0.6) is 0 Å². The first kappa shape index (κ1) is 26.4. The van der Waals surface area contributed by atoms with Gasteiger partial charge in [-0.3, -0.25) is 14.6 Å². The van der Waals surface area contributed by atoms with Crippen LogP contribution in [0.15, 0.2) is 70.8 Å². The molecule has 0 N–H and O–H groups in total. The van der Waals surface area contributed by atoms with Gasteiger partial charge in [0.15, 0.2) is 5.65 Å². The summed E-state index contributed by atoms with van der Waals surface area (Å²) in [5.41, 5.74) is 3.25. The van der Waals surface area contributed by atoms with Crippen molar-refractivity contribution in [2.24, 2.45) is 9.98 Å². The highest BCUT2D eigenvalue weighted by Crippen LogP contribution is 2.30. The maximum absolute atomic E-state index is 13.8. The molecule has 0 aliphatic carbocycles. The lowest BCUT2D eigenvalue weighted by molar-refractivity contribution is -0.128. The van der Waals surface area contributed by atoms with Gasteiger partial charge in [0, 0.05) is 36.5 Å². The van der Waals surface area contributed by atoms with Crippen molar-refractivity contribution in [1.82, 2.24) is 24.4 Å². The molecule has 0 saturated carbocycles. The molecule has 1 saturated heterocycles. The Morgan fingerprint density at radius 2 is 1.56 bits per heavy atom. The van der Waals surface area contributed by atoms with Gasteiger partial charge in [0.2, 0.25) is 5.84 Å². The summed E-state index contributed by atoms with van der Waals surface area (Å²) in [6.07, 6.45) is 1.57. The highest BCUT2D eigenvalue weighted by molar-refractivity contribution is 6.41. The molecule has 11 heteroatoms. The van der Waals surface area contributed by atoms with E-state index in [0.29, 0.717) is 54.2 Å². The van der Waals surface area contributed by atoms with Gasteiger partial charge >= 0.3 is 0 Å². The molecular weight excluding hydrogens is 528 g/mol. The van der Waals surface area contributed by atoms with Crippen LogP contribution in [-0.2, 0) is 4.79 Å². The molecule has 6 rings (SSSR count). The number of halogens is 2. The van der Waals surface area contributed by atoms with Gasteiger partial charge in [-0.05, 0) is 68.8 Å². The summed E-state index contributed by atoms with van der Waals surface area (Å²) in [6, 6.07) is 13.7. The lowest BCUT2D eigenvalue weighted by Crippen LogP contribution is -2.62. The third kappa shape index (κ3) is 4.99. The van der Waals surface area contributed by atoms with E-state index in [0.717, 1.165) is 5.71 Å². The first-order valence-corrected chi connectivity index (χ1v) is 13.2. The fraction of sp³-hybridized carbons (Fsp3) is 0.267. The van der Waals surface area contributed by atoms with Crippen molar-refractivity contribution < 1.29 is 18.4 Å². The van der Waals surface area contributed by atoms with Crippen LogP contribution in [0, 0.1) is 11.6 Å². The van der Waals surface area contributed by atoms with Gasteiger partial charge in [-0.15, -0.1) is 0 Å². The number of hydrogen-bond acceptors (Lipinski definition) is 6. The largest absolute Gasteiger partial charge is 0.332 e. The molecule has 2 aromatic carbocycles. The highest BCUT2D eigenvalue weighted by Gasteiger charge is 2.40. The van der Waals surface area contributed by atoms with Gasteiger partial charge < -0.3 is 9.80 Å². The number of amidine groups is 1. The zero-order valence-electron chi connectivity index (χ0n) is 22.8. The second kappa shape index (κ2) is 9.99. The van der Waals surface area contributed by atoms with Gasteiger partial charge in [0.1, 0.15) is 17.3 Å². The minimum Gasteiger partial charge on any atom is -0.332 e. The van der Waals surface area contributed by atoms with Crippen LogP contribution in [0.4, 0.5) is 8.78 Å². The molecule has 2 aromatic heterocycles. The van der Waals surface area contributed by atoms with E-state index in [4.69, 9.17) is 0 Å². The van der Waals surface area contributed by atoms with E-state index in [2.05, 4.69) is 20.1 Å². The molecule has 2 amide bonds. The van der Waals surface area contributed by atoms with E-state index < -0.39 is 5.54 Å². The molecule has 0 unspecified atom stereocenters. The Labute approximate surface area is 234 Å². The number of hydrogen-bond donors (Lipinski definition) is 0. The second-order valence-corrected chi connectivity index (χ2v) is 10.8. The van der Waals surface area contributed by atoms with E-state index in [1.807, 2.05) is 20.8 Å². The lowest BCUT2D eigenvalue weighted by atomic mass is 9.98. The molecule has 0 bridgehead atoms. The van der Waals surface area contributed by atoms with Gasteiger partial charge in [0.05, 0.1) is 24.0 Å². The Balaban J connectivity index is 1.34. The summed E-state index contributed by atoms with van der Waals surface area (Å²) >= 11 is 0. The molecule has 0 radical (unpaired) electrons. The molecule has 2 aliphatic rings. The van der Waals surface area contributed by atoms with Gasteiger partial charge in [-0.25, -0.2) is 23.3 Å². The van der Waals surface area contributed by atoms with Crippen molar-refractivity contribution in [2.75, 3.05) is 26.2 Å². The van der Waals surface area contributed by atoms with Gasteiger partial charge in [-0.1, -0.05) is 12.1 Å². The number of aliphatic imine (C=N–C) groups is 2. The average molecular weight is 556 g/mol. The number of fused-ring (bicyclic) bond motifs is 1. The summed E-state index contributed by atoms with van der Waals surface area (Å²) in [7, 11) is 0. The molecule has 208 valence electrons. The zero-order chi connectivity index (χ0) is 28.9. The molecule has 4 aromatic rings. The van der Waals surface area contributed by atoms with Crippen molar-refractivity contribution in [3.63, 3.8) is 0 Å². The number of benzene rings is 2. The fourth-order valence-electron chi connectivity index (χ4n) is 5.22. The number of amides is 2. The topological polar surface area (TPSA) is 95.5 Å². The normalized spacial score (nSPS) is 16.6. The second-order valence-electron chi connectivity index (χ2n) is 10.8. The maximum atomic E-state index is 13.8. The van der Waals surface area contributed by atoms with Crippen molar-refractivity contribution >= 4 is 29.0 Å². The fourth-order valence-corrected chi connectivity index (χ4v) is 5.22. The maximum Gasteiger partial charge on any atom is 0.291 e. The van der Waals surface area contributed by atoms with E-state index in [-0.39, 0.29) is 35.0 Å². The number of carbonyl (C=O) groups excluding carboxylic acids is 2. The van der Waals surface area contributed by atoms with Gasteiger partial charge in [0.25, 0.3) is 11.8 Å². The number of nitrogens with zero attached hydrogens (tertiary/aromatic N) is 7. The van der Waals surface area contributed by atoms with Crippen molar-refractivity contribution in [1.29, 1.82) is 0 Å². The van der Waals surface area contributed by atoms with E-state index >= 15 is 0 Å². The summed E-state index contributed by atoms with van der Waals surface area (Å²) in [4.78, 5) is 43.3. The van der Waals surface area contributed by atoms with Gasteiger partial charge in [-0.2, -0.15) is 5.10 Å². The standard InChI is InChI=1S/C30H27F2N7O2/c1-18-15-33-26(34-18)29(41)37-12-13-38(30(2,3)17-37)28(40)25-16-39-27(35-25)23(19-4-8-21(31)9-5-19)14-24(36-39)20-6-10-22(32)11-7-20/h4-11,14,16H,12-13,15,17H2,1-3H3. The number of aromatic nitrogens is 3. The first-order chi connectivity index (χ1) is 19.6. The summed E-state index contributed by atoms with van der Waals surface area (Å²) in [6.45, 7) is 7.02. The molecule has 4 heterocycles. The number of rotatable bonds is 4. The summed E-state index contributed by atoms with van der Waals surface area (Å²) in [5, 5.41) is 4.66. The molecule has 41 heavy (non-hydrogen) atoms. The monoisotopic (exact) mass is 555 g/mol. The number of carbonyl (C=O) groups is 2. The minimum absolute atomic E-state index is 0.186. The smallest absolute Gasteiger partial charge is 0.291 e. The third-order valence-corrected chi connectivity index (χ3v) is 7.32. The molecule has 9 nitrogen and oxygen atoms in total. The summed E-state index contributed by atoms with van der Waals surface area (Å²) < 4.78 is 28.8. The predicted molar refractivity (Wildman–Crippen MR) is 151 cm³/mol. The Morgan fingerprint density at radius 1 is 0.902 bits per heavy atom. The first-order valence-electron chi connectivity index (χ1n) is 13.2. The average Bonchev–Trinajstić information content (AvgIpc) is 3.58. The van der Waals surface area contributed by atoms with Crippen LogP contribution in [0.25, 0.3) is 28.0 Å². The van der Waals surface area contributed by atoms with Crippen molar-refractivity contribution in [2.45, 2.75) is 26.3 Å². The van der Waals surface area contributed by atoms with Crippen molar-refractivity contribution in [3.8, 4) is 22.4 Å². The van der Waals surface area contributed by atoms with Crippen LogP contribution in [0.3, 0.4) is 0 Å². The molecular formula is C30H27F2N7O2. The quantitative estimate of drug-likeness (QED) is 0.376. The molecule has 2 aliphatic heterocycles. The van der Waals surface area contributed by atoms with Crippen LogP contribution in [0.1, 0.15) is 31.3 Å². The molecule has 0 spiro atoms. The Bertz CT molecular complexity index is 1740. The highest BCUT2D eigenvalue weighted by atomic mass is 19.1. The van der Waals surface area contributed by atoms with E-state index in [1.165, 1.54) is 28.8 Å². The van der Waals surface area contributed by atoms with Crippen LogP contribution < -0.4 is 0 Å². The number of piperazine rings is 1. The van der Waals surface area contributed by atoms with E-state index in [1.54, 1.807) is 46.3 Å². The SMILES string of the molecule is CC1=NC(C(=O)N2CCN(C(=O)c3cn4nc(-c5ccc(F)cc5)cc(-c5ccc(F)cc5)c4n3)C(C)(C)C2)=NC1. The van der Waals surface area contributed by atoms with Crippen molar-refractivity contribution in [3.05, 3.63) is 78.1 Å². The molecule has 0 atom stereocenters. The third-order valence-electron chi connectivity index (χ3n) is 7.32. The van der Waals surface area contributed by atoms with E-state index in [9.17, 15) is 18.4 Å². The van der Waals surface area contributed by atoms with Crippen LogP contribution in [-0.4, -0.2) is 79.5 Å². The van der Waals surface area contributed by atoms with Crippen LogP contribution >= 0.6 is 0 Å². The van der Waals surface area contributed by atoms with Crippen LogP contribution in [0.2, 0.25) is 0 Å². The zero-order valence-corrected chi connectivity index (χ0v) is 22.8. The Morgan fingerprint density at radius 3 is 2.17 bits per heavy atom. The number of imidazole rings is 1. The molecule has 1 fully saturated rings. The Kier molecular flexibility index (Phi) is 6.44. The lowest BCUT2D eigenvalue weighted by Gasteiger charge is -2.46. The minimum atomic E-state index is -0.689. The Hall–Kier alpha value is -4.80.